The van der Waals surface area contributed by atoms with Crippen LogP contribution in [0.5, 0.6) is 0 Å². The molecule has 1 amide bonds. The standard InChI is InChI=1S/C11H11F2NO3/c1-14(10(15)6-11(16)17-2)9-4-3-7(12)5-8(9)13/h3-5H,6H2,1-2H3. The van der Waals surface area contributed by atoms with E-state index in [4.69, 9.17) is 0 Å². The number of anilines is 1. The molecule has 0 radical (unpaired) electrons. The van der Waals surface area contributed by atoms with Crippen LogP contribution in [0.4, 0.5) is 14.5 Å². The van der Waals surface area contributed by atoms with Crippen LogP contribution in [0.2, 0.25) is 0 Å². The first-order valence-electron chi connectivity index (χ1n) is 4.74. The van der Waals surface area contributed by atoms with Crippen molar-refractivity contribution < 1.29 is 23.1 Å². The molecule has 0 aliphatic rings. The van der Waals surface area contributed by atoms with E-state index < -0.39 is 29.9 Å². The van der Waals surface area contributed by atoms with E-state index in [0.717, 1.165) is 24.1 Å². The summed E-state index contributed by atoms with van der Waals surface area (Å²) in [5.41, 5.74) is -0.0969. The molecule has 1 aromatic rings. The summed E-state index contributed by atoms with van der Waals surface area (Å²) in [5.74, 6) is -2.96. The number of amides is 1. The predicted octanol–water partition coefficient (Wildman–Crippen LogP) is 1.49. The molecule has 0 unspecified atom stereocenters. The Morgan fingerprint density at radius 3 is 2.53 bits per heavy atom. The summed E-state index contributed by atoms with van der Waals surface area (Å²) in [5, 5.41) is 0. The van der Waals surface area contributed by atoms with Crippen molar-refractivity contribution in [1.82, 2.24) is 0 Å². The van der Waals surface area contributed by atoms with Gasteiger partial charge in [-0.05, 0) is 12.1 Å². The topological polar surface area (TPSA) is 46.6 Å². The number of hydrogen-bond donors (Lipinski definition) is 0. The van der Waals surface area contributed by atoms with Crippen molar-refractivity contribution in [1.29, 1.82) is 0 Å². The van der Waals surface area contributed by atoms with Crippen LogP contribution in [0.15, 0.2) is 18.2 Å². The van der Waals surface area contributed by atoms with E-state index in [0.29, 0.717) is 6.07 Å². The van der Waals surface area contributed by atoms with Crippen molar-refractivity contribution in [3.63, 3.8) is 0 Å². The van der Waals surface area contributed by atoms with E-state index in [9.17, 15) is 18.4 Å². The van der Waals surface area contributed by atoms with E-state index >= 15 is 0 Å². The molecule has 0 N–H and O–H groups in total. The Labute approximate surface area is 96.8 Å². The van der Waals surface area contributed by atoms with Gasteiger partial charge >= 0.3 is 5.97 Å². The third-order valence-corrected chi connectivity index (χ3v) is 2.17. The lowest BCUT2D eigenvalue weighted by Gasteiger charge is -2.17. The summed E-state index contributed by atoms with van der Waals surface area (Å²) in [6, 6.07) is 2.82. The molecular weight excluding hydrogens is 232 g/mol. The van der Waals surface area contributed by atoms with Crippen LogP contribution in [0.1, 0.15) is 6.42 Å². The fraction of sp³-hybridized carbons (Fsp3) is 0.273. The third-order valence-electron chi connectivity index (χ3n) is 2.17. The van der Waals surface area contributed by atoms with Gasteiger partial charge in [0, 0.05) is 13.1 Å². The Hall–Kier alpha value is -1.98. The number of esters is 1. The molecule has 0 aliphatic carbocycles. The largest absolute Gasteiger partial charge is 0.469 e. The molecule has 1 aromatic carbocycles. The van der Waals surface area contributed by atoms with Gasteiger partial charge in [-0.15, -0.1) is 0 Å². The van der Waals surface area contributed by atoms with Crippen molar-refractivity contribution in [3.8, 4) is 0 Å². The van der Waals surface area contributed by atoms with Crippen molar-refractivity contribution >= 4 is 17.6 Å². The first-order chi connectivity index (χ1) is 7.95. The van der Waals surface area contributed by atoms with Crippen LogP contribution in [0.25, 0.3) is 0 Å². The number of carbonyl (C=O) groups is 2. The van der Waals surface area contributed by atoms with Crippen molar-refractivity contribution in [3.05, 3.63) is 29.8 Å². The maximum absolute atomic E-state index is 13.3. The summed E-state index contributed by atoms with van der Waals surface area (Å²) in [6.07, 6.45) is -0.496. The van der Waals surface area contributed by atoms with Crippen molar-refractivity contribution in [2.75, 3.05) is 19.1 Å². The van der Waals surface area contributed by atoms with Gasteiger partial charge in [0.2, 0.25) is 5.91 Å². The molecule has 0 spiro atoms. The number of carbonyl (C=O) groups excluding carboxylic acids is 2. The van der Waals surface area contributed by atoms with E-state index in [1.54, 1.807) is 0 Å². The minimum atomic E-state index is -0.870. The van der Waals surface area contributed by atoms with Crippen LogP contribution in [0, 0.1) is 11.6 Å². The molecule has 0 bridgehead atoms. The normalized spacial score (nSPS) is 9.88. The molecule has 0 saturated heterocycles. The van der Waals surface area contributed by atoms with Gasteiger partial charge in [0.15, 0.2) is 0 Å². The van der Waals surface area contributed by atoms with Crippen LogP contribution < -0.4 is 4.90 Å². The summed E-state index contributed by atoms with van der Waals surface area (Å²) in [7, 11) is 2.44. The molecule has 0 atom stereocenters. The first kappa shape index (κ1) is 13.1. The molecule has 0 heterocycles. The van der Waals surface area contributed by atoms with Gasteiger partial charge in [-0.1, -0.05) is 0 Å². The van der Waals surface area contributed by atoms with Gasteiger partial charge in [-0.3, -0.25) is 9.59 Å². The van der Waals surface area contributed by atoms with Crippen molar-refractivity contribution in [2.24, 2.45) is 0 Å². The Kier molecular flexibility index (Phi) is 4.14. The lowest BCUT2D eigenvalue weighted by molar-refractivity contribution is -0.143. The first-order valence-corrected chi connectivity index (χ1v) is 4.74. The fourth-order valence-corrected chi connectivity index (χ4v) is 1.20. The highest BCUT2D eigenvalue weighted by atomic mass is 19.1. The second-order valence-corrected chi connectivity index (χ2v) is 3.30. The zero-order valence-electron chi connectivity index (χ0n) is 9.37. The molecule has 92 valence electrons. The number of benzene rings is 1. The second-order valence-electron chi connectivity index (χ2n) is 3.30. The van der Waals surface area contributed by atoms with Crippen LogP contribution in [0.3, 0.4) is 0 Å². The minimum absolute atomic E-state index is 0.0969. The zero-order valence-corrected chi connectivity index (χ0v) is 9.37. The SMILES string of the molecule is COC(=O)CC(=O)N(C)c1ccc(F)cc1F. The molecule has 6 heteroatoms. The summed E-state index contributed by atoms with van der Waals surface area (Å²) in [4.78, 5) is 23.3. The minimum Gasteiger partial charge on any atom is -0.469 e. The number of halogens is 2. The lowest BCUT2D eigenvalue weighted by Crippen LogP contribution is -2.29. The van der Waals surface area contributed by atoms with Gasteiger partial charge in [-0.2, -0.15) is 0 Å². The number of nitrogens with zero attached hydrogens (tertiary/aromatic N) is 1. The van der Waals surface area contributed by atoms with Crippen LogP contribution in [-0.2, 0) is 14.3 Å². The molecule has 0 aromatic heterocycles. The van der Waals surface area contributed by atoms with Gasteiger partial charge in [-0.25, -0.2) is 8.78 Å². The quantitative estimate of drug-likeness (QED) is 0.597. The molecule has 17 heavy (non-hydrogen) atoms. The van der Waals surface area contributed by atoms with E-state index in [1.165, 1.54) is 7.05 Å². The molecule has 0 saturated carbocycles. The lowest BCUT2D eigenvalue weighted by atomic mass is 10.2. The van der Waals surface area contributed by atoms with E-state index in [-0.39, 0.29) is 5.69 Å². The number of rotatable bonds is 3. The fourth-order valence-electron chi connectivity index (χ4n) is 1.20. The second kappa shape index (κ2) is 5.38. The van der Waals surface area contributed by atoms with Crippen molar-refractivity contribution in [2.45, 2.75) is 6.42 Å². The van der Waals surface area contributed by atoms with Crippen LogP contribution in [-0.4, -0.2) is 26.0 Å². The molecule has 0 aliphatic heterocycles. The smallest absolute Gasteiger partial charge is 0.315 e. The molecule has 1 rings (SSSR count). The maximum atomic E-state index is 13.3. The highest BCUT2D eigenvalue weighted by molar-refractivity contribution is 6.03. The monoisotopic (exact) mass is 243 g/mol. The van der Waals surface area contributed by atoms with Gasteiger partial charge in [0.05, 0.1) is 12.8 Å². The Morgan fingerprint density at radius 2 is 2.00 bits per heavy atom. The maximum Gasteiger partial charge on any atom is 0.315 e. The Bertz CT molecular complexity index is 448. The molecule has 4 nitrogen and oxygen atoms in total. The zero-order chi connectivity index (χ0) is 13.0. The molecular formula is C11H11F2NO3. The number of ether oxygens (including phenoxy) is 1. The summed E-state index contributed by atoms with van der Waals surface area (Å²) < 4.78 is 30.3. The Morgan fingerprint density at radius 1 is 1.35 bits per heavy atom. The number of methoxy groups -OCH3 is 1. The van der Waals surface area contributed by atoms with Gasteiger partial charge < -0.3 is 9.64 Å². The van der Waals surface area contributed by atoms with Gasteiger partial charge in [0.25, 0.3) is 0 Å². The highest BCUT2D eigenvalue weighted by Crippen LogP contribution is 2.19. The average Bonchev–Trinajstić information content (AvgIpc) is 2.28. The van der Waals surface area contributed by atoms with Crippen LogP contribution >= 0.6 is 0 Å². The van der Waals surface area contributed by atoms with E-state index in [1.807, 2.05) is 0 Å². The predicted molar refractivity (Wildman–Crippen MR) is 56.4 cm³/mol. The van der Waals surface area contributed by atoms with Gasteiger partial charge in [0.1, 0.15) is 18.1 Å². The average molecular weight is 243 g/mol. The summed E-state index contributed by atoms with van der Waals surface area (Å²) in [6.45, 7) is 0. The highest BCUT2D eigenvalue weighted by Gasteiger charge is 2.18. The molecule has 0 fully saturated rings. The van der Waals surface area contributed by atoms with E-state index in [2.05, 4.69) is 4.74 Å². The summed E-state index contributed by atoms with van der Waals surface area (Å²) >= 11 is 0. The Balaban J connectivity index is 2.85. The number of hydrogen-bond acceptors (Lipinski definition) is 3. The third kappa shape index (κ3) is 3.24.